The van der Waals surface area contributed by atoms with Gasteiger partial charge in [-0.1, -0.05) is 0 Å². The molecule has 1 aromatic heterocycles. The van der Waals surface area contributed by atoms with E-state index < -0.39 is 19.9 Å². The molecule has 0 aliphatic carbocycles. The summed E-state index contributed by atoms with van der Waals surface area (Å²) in [7, 11) is -7.08. The van der Waals surface area contributed by atoms with Crippen molar-refractivity contribution in [2.45, 2.75) is 35.7 Å². The van der Waals surface area contributed by atoms with E-state index in [0.717, 1.165) is 25.3 Å². The summed E-state index contributed by atoms with van der Waals surface area (Å²) in [6.45, 7) is 2.77. The van der Waals surface area contributed by atoms with Gasteiger partial charge in [0.25, 0.3) is 0 Å². The fourth-order valence-electron chi connectivity index (χ4n) is 2.53. The average Bonchev–Trinajstić information content (AvgIpc) is 2.46. The monoisotopic (exact) mass is 383 g/mol. The Morgan fingerprint density at radius 2 is 1.78 bits per heavy atom. The van der Waals surface area contributed by atoms with E-state index in [2.05, 4.69) is 4.98 Å². The highest BCUT2D eigenvalue weighted by Gasteiger charge is 2.30. The van der Waals surface area contributed by atoms with Gasteiger partial charge in [0, 0.05) is 31.6 Å². The maximum atomic E-state index is 12.5. The van der Waals surface area contributed by atoms with Crippen LogP contribution in [0, 0.1) is 5.92 Å². The van der Waals surface area contributed by atoms with Crippen LogP contribution >= 0.6 is 12.4 Å². The van der Waals surface area contributed by atoms with Crippen LogP contribution in [0.15, 0.2) is 28.3 Å². The first-order chi connectivity index (χ1) is 10.1. The molecule has 23 heavy (non-hydrogen) atoms. The molecule has 2 rings (SSSR count). The molecule has 1 fully saturated rings. The van der Waals surface area contributed by atoms with Crippen molar-refractivity contribution < 1.29 is 16.8 Å². The van der Waals surface area contributed by atoms with Gasteiger partial charge in [0.1, 0.15) is 4.90 Å². The summed E-state index contributed by atoms with van der Waals surface area (Å²) in [5.74, 6) is 0.331. The van der Waals surface area contributed by atoms with Crippen molar-refractivity contribution in [3.8, 4) is 0 Å². The number of pyridine rings is 1. The molecule has 1 aliphatic heterocycles. The zero-order chi connectivity index (χ0) is 16.5. The highest BCUT2D eigenvalue weighted by Crippen LogP contribution is 2.25. The molecule has 2 heterocycles. The number of aromatic nitrogens is 1. The predicted molar refractivity (Wildman–Crippen MR) is 89.7 cm³/mol. The third kappa shape index (κ3) is 4.63. The van der Waals surface area contributed by atoms with E-state index in [1.165, 1.54) is 16.4 Å². The number of piperidine rings is 1. The molecule has 2 N–H and O–H groups in total. The van der Waals surface area contributed by atoms with Crippen LogP contribution in [0.4, 0.5) is 0 Å². The van der Waals surface area contributed by atoms with E-state index in [4.69, 9.17) is 5.73 Å². The molecule has 0 aromatic carbocycles. The van der Waals surface area contributed by atoms with Crippen LogP contribution in [0.25, 0.3) is 0 Å². The third-order valence-corrected chi connectivity index (χ3v) is 6.85. The Labute approximate surface area is 143 Å². The summed E-state index contributed by atoms with van der Waals surface area (Å²) in [5.41, 5.74) is 5.86. The molecule has 0 radical (unpaired) electrons. The molecular formula is C13H22ClN3O4S2. The van der Waals surface area contributed by atoms with Gasteiger partial charge in [0.15, 0.2) is 14.9 Å². The van der Waals surface area contributed by atoms with E-state index in [1.807, 2.05) is 6.92 Å². The van der Waals surface area contributed by atoms with Gasteiger partial charge in [-0.2, -0.15) is 4.31 Å². The molecular weight excluding hydrogens is 362 g/mol. The van der Waals surface area contributed by atoms with Crippen LogP contribution < -0.4 is 5.73 Å². The first kappa shape index (κ1) is 20.3. The van der Waals surface area contributed by atoms with Crippen molar-refractivity contribution in [3.63, 3.8) is 0 Å². The van der Waals surface area contributed by atoms with Gasteiger partial charge in [0.05, 0.1) is 0 Å². The quantitative estimate of drug-likeness (QED) is 0.817. The lowest BCUT2D eigenvalue weighted by Crippen LogP contribution is -2.42. The number of hydrogen-bond donors (Lipinski definition) is 1. The minimum absolute atomic E-state index is 0. The summed E-state index contributed by atoms with van der Waals surface area (Å²) >= 11 is 0. The van der Waals surface area contributed by atoms with Crippen molar-refractivity contribution in [1.82, 2.24) is 9.29 Å². The molecule has 1 unspecified atom stereocenters. The van der Waals surface area contributed by atoms with Crippen LogP contribution in [0.2, 0.25) is 0 Å². The highest BCUT2D eigenvalue weighted by atomic mass is 35.5. The van der Waals surface area contributed by atoms with Crippen LogP contribution in [0.3, 0.4) is 0 Å². The summed E-state index contributed by atoms with van der Waals surface area (Å²) in [6.07, 6.45) is 3.59. The van der Waals surface area contributed by atoms with Crippen molar-refractivity contribution in [1.29, 1.82) is 0 Å². The Bertz CT molecular complexity index is 725. The first-order valence-electron chi connectivity index (χ1n) is 7.04. The van der Waals surface area contributed by atoms with E-state index >= 15 is 0 Å². The molecule has 1 atom stereocenters. The van der Waals surface area contributed by atoms with Crippen molar-refractivity contribution in [3.05, 3.63) is 18.3 Å². The topological polar surface area (TPSA) is 110 Å². The molecule has 7 nitrogen and oxygen atoms in total. The van der Waals surface area contributed by atoms with E-state index in [1.54, 1.807) is 0 Å². The van der Waals surface area contributed by atoms with Crippen LogP contribution in [0.1, 0.15) is 19.8 Å². The highest BCUT2D eigenvalue weighted by molar-refractivity contribution is 7.90. The fourth-order valence-corrected chi connectivity index (χ4v) is 4.50. The molecule has 0 saturated carbocycles. The average molecular weight is 384 g/mol. The van der Waals surface area contributed by atoms with Crippen LogP contribution in [-0.2, 0) is 19.9 Å². The Hall–Kier alpha value is -0.740. The largest absolute Gasteiger partial charge is 0.328 e. The van der Waals surface area contributed by atoms with Gasteiger partial charge in [-0.3, -0.25) is 0 Å². The van der Waals surface area contributed by atoms with Gasteiger partial charge in [-0.25, -0.2) is 21.8 Å². The Morgan fingerprint density at radius 3 is 2.17 bits per heavy atom. The smallest absolute Gasteiger partial charge is 0.244 e. The fraction of sp³-hybridized carbons (Fsp3) is 0.615. The normalized spacial score (nSPS) is 19.1. The molecule has 0 bridgehead atoms. The molecule has 0 spiro atoms. The second kappa shape index (κ2) is 7.43. The second-order valence-corrected chi connectivity index (χ2v) is 9.61. The number of hydrogen-bond acceptors (Lipinski definition) is 6. The SMILES string of the molecule is CC(N)C1CCN(S(=O)(=O)c2ccc(S(C)(=O)=O)nc2)CC1.Cl. The molecule has 10 heteroatoms. The summed E-state index contributed by atoms with van der Waals surface area (Å²) in [5, 5.41) is -0.137. The molecule has 1 aromatic rings. The predicted octanol–water partition coefficient (Wildman–Crippen LogP) is 0.655. The minimum Gasteiger partial charge on any atom is -0.328 e. The van der Waals surface area contributed by atoms with Gasteiger partial charge < -0.3 is 5.73 Å². The lowest BCUT2D eigenvalue weighted by molar-refractivity contribution is 0.250. The molecule has 0 amide bonds. The zero-order valence-electron chi connectivity index (χ0n) is 13.0. The second-order valence-electron chi connectivity index (χ2n) is 5.70. The number of sulfone groups is 1. The molecule has 1 saturated heterocycles. The molecule has 132 valence electrons. The first-order valence-corrected chi connectivity index (χ1v) is 10.4. The van der Waals surface area contributed by atoms with Gasteiger partial charge in [0.2, 0.25) is 10.0 Å². The summed E-state index contributed by atoms with van der Waals surface area (Å²) in [4.78, 5) is 3.75. The van der Waals surface area contributed by atoms with Gasteiger partial charge in [-0.05, 0) is 37.8 Å². The Morgan fingerprint density at radius 1 is 1.22 bits per heavy atom. The maximum absolute atomic E-state index is 12.5. The zero-order valence-corrected chi connectivity index (χ0v) is 15.5. The van der Waals surface area contributed by atoms with Crippen molar-refractivity contribution >= 4 is 32.3 Å². The summed E-state index contributed by atoms with van der Waals surface area (Å²) < 4.78 is 49.2. The lowest BCUT2D eigenvalue weighted by atomic mass is 9.92. The number of nitrogens with zero attached hydrogens (tertiary/aromatic N) is 2. The lowest BCUT2D eigenvalue weighted by Gasteiger charge is -2.32. The number of rotatable bonds is 4. The van der Waals surface area contributed by atoms with E-state index in [0.29, 0.717) is 19.0 Å². The van der Waals surface area contributed by atoms with E-state index in [9.17, 15) is 16.8 Å². The van der Waals surface area contributed by atoms with Crippen LogP contribution in [-0.4, -0.2) is 51.5 Å². The Kier molecular flexibility index (Phi) is 6.56. The standard InChI is InChI=1S/C13H21N3O4S2.ClH/c1-10(14)11-5-7-16(8-6-11)22(19,20)12-3-4-13(15-9-12)21(2,17)18;/h3-4,9-11H,5-8,14H2,1-2H3;1H. The van der Waals surface area contributed by atoms with Crippen molar-refractivity contribution in [2.75, 3.05) is 19.3 Å². The minimum atomic E-state index is -3.64. The van der Waals surface area contributed by atoms with E-state index in [-0.39, 0.29) is 28.4 Å². The van der Waals surface area contributed by atoms with Gasteiger partial charge in [-0.15, -0.1) is 12.4 Å². The Balaban J connectivity index is 0.00000264. The summed E-state index contributed by atoms with van der Waals surface area (Å²) in [6, 6.07) is 2.56. The van der Waals surface area contributed by atoms with Gasteiger partial charge >= 0.3 is 0 Å². The molecule has 1 aliphatic rings. The van der Waals surface area contributed by atoms with Crippen molar-refractivity contribution in [2.24, 2.45) is 11.7 Å². The maximum Gasteiger partial charge on any atom is 0.244 e. The van der Waals surface area contributed by atoms with Crippen LogP contribution in [0.5, 0.6) is 0 Å². The number of sulfonamides is 1. The number of nitrogens with two attached hydrogens (primary N) is 1. The number of halogens is 1. The third-order valence-electron chi connectivity index (χ3n) is 3.97.